The van der Waals surface area contributed by atoms with Crippen molar-refractivity contribution in [1.82, 2.24) is 10.2 Å². The number of para-hydroxylation sites is 1. The second kappa shape index (κ2) is 11.0. The maximum absolute atomic E-state index is 13.2. The molecular weight excluding hydrogens is 390 g/mol. The van der Waals surface area contributed by atoms with Crippen LogP contribution >= 0.6 is 0 Å². The molecule has 1 saturated heterocycles. The van der Waals surface area contributed by atoms with Gasteiger partial charge in [0.25, 0.3) is 0 Å². The molecule has 1 atom stereocenters. The zero-order valence-corrected chi connectivity index (χ0v) is 19.2. The fourth-order valence-electron chi connectivity index (χ4n) is 4.86. The largest absolute Gasteiger partial charge is 0.493 e. The first-order chi connectivity index (χ1) is 14.9. The van der Waals surface area contributed by atoms with Gasteiger partial charge in [-0.25, -0.2) is 0 Å². The number of hydrogen-bond donors (Lipinski definition) is 2. The molecule has 0 unspecified atom stereocenters. The molecule has 0 saturated carbocycles. The second-order valence-electron chi connectivity index (χ2n) is 9.61. The molecule has 1 spiro atoms. The highest BCUT2D eigenvalue weighted by Crippen LogP contribution is 2.38. The molecule has 1 aromatic carbocycles. The van der Waals surface area contributed by atoms with Crippen molar-refractivity contribution in [2.45, 2.75) is 71.3 Å². The van der Waals surface area contributed by atoms with Crippen LogP contribution in [-0.4, -0.2) is 49.0 Å². The summed E-state index contributed by atoms with van der Waals surface area (Å²) in [5.41, 5.74) is 7.00. The second-order valence-corrected chi connectivity index (χ2v) is 9.61. The number of benzene rings is 1. The normalized spacial score (nSPS) is 21.2. The SMILES string of the molecule is CC(C)C[C@@H](N)C(=O)N1CCC2(CCCCc3ccccc3OCCCNC2=O)CC1. The van der Waals surface area contributed by atoms with E-state index < -0.39 is 6.04 Å². The van der Waals surface area contributed by atoms with E-state index in [-0.39, 0.29) is 17.2 Å². The minimum Gasteiger partial charge on any atom is -0.493 e. The molecule has 6 nitrogen and oxygen atoms in total. The van der Waals surface area contributed by atoms with Crippen molar-refractivity contribution >= 4 is 11.8 Å². The van der Waals surface area contributed by atoms with Crippen LogP contribution in [0.1, 0.15) is 64.4 Å². The van der Waals surface area contributed by atoms with E-state index in [1.54, 1.807) is 0 Å². The van der Waals surface area contributed by atoms with Crippen LogP contribution < -0.4 is 15.8 Å². The Kier molecular flexibility index (Phi) is 8.35. The highest BCUT2D eigenvalue weighted by Gasteiger charge is 2.42. The van der Waals surface area contributed by atoms with Gasteiger partial charge in [-0.05, 0) is 62.5 Å². The van der Waals surface area contributed by atoms with Crippen LogP contribution in [0.5, 0.6) is 5.75 Å². The molecule has 0 bridgehead atoms. The van der Waals surface area contributed by atoms with Gasteiger partial charge in [0, 0.05) is 19.6 Å². The number of carbonyl (C=O) groups excluding carboxylic acids is 2. The molecule has 6 heteroatoms. The molecule has 0 aromatic heterocycles. The monoisotopic (exact) mass is 429 g/mol. The summed E-state index contributed by atoms with van der Waals surface area (Å²) in [4.78, 5) is 27.8. The summed E-state index contributed by atoms with van der Waals surface area (Å²) in [6.45, 7) is 6.61. The molecule has 2 aliphatic rings. The molecule has 31 heavy (non-hydrogen) atoms. The Bertz CT molecular complexity index is 741. The molecule has 3 N–H and O–H groups in total. The Morgan fingerprint density at radius 1 is 1.16 bits per heavy atom. The van der Waals surface area contributed by atoms with Gasteiger partial charge in [0.1, 0.15) is 5.75 Å². The van der Waals surface area contributed by atoms with E-state index in [1.807, 2.05) is 17.0 Å². The van der Waals surface area contributed by atoms with Crippen molar-refractivity contribution in [2.75, 3.05) is 26.2 Å². The first kappa shape index (κ1) is 23.6. The van der Waals surface area contributed by atoms with Crippen LogP contribution in [0.15, 0.2) is 24.3 Å². The van der Waals surface area contributed by atoms with Gasteiger partial charge in [0.15, 0.2) is 0 Å². The number of nitrogens with zero attached hydrogens (tertiary/aromatic N) is 1. The molecule has 1 aromatic rings. The molecule has 2 aliphatic heterocycles. The maximum atomic E-state index is 13.2. The van der Waals surface area contributed by atoms with Crippen molar-refractivity contribution in [2.24, 2.45) is 17.1 Å². The minimum absolute atomic E-state index is 0.0300. The Morgan fingerprint density at radius 3 is 2.65 bits per heavy atom. The van der Waals surface area contributed by atoms with Crippen LogP contribution in [0.2, 0.25) is 0 Å². The average Bonchev–Trinajstić information content (AvgIpc) is 2.77. The minimum atomic E-state index is -0.442. The third-order valence-electron chi connectivity index (χ3n) is 6.74. The van der Waals surface area contributed by atoms with Gasteiger partial charge in [-0.3, -0.25) is 9.59 Å². The van der Waals surface area contributed by atoms with Crippen molar-refractivity contribution in [1.29, 1.82) is 0 Å². The Balaban J connectivity index is 1.63. The molecule has 1 fully saturated rings. The third kappa shape index (κ3) is 6.22. The summed E-state index contributed by atoms with van der Waals surface area (Å²) in [6.07, 6.45) is 6.75. The van der Waals surface area contributed by atoms with Crippen LogP contribution in [-0.2, 0) is 16.0 Å². The zero-order valence-electron chi connectivity index (χ0n) is 19.2. The van der Waals surface area contributed by atoms with Crippen molar-refractivity contribution in [3.63, 3.8) is 0 Å². The Morgan fingerprint density at radius 2 is 1.90 bits per heavy atom. The molecule has 2 heterocycles. The van der Waals surface area contributed by atoms with E-state index in [4.69, 9.17) is 10.5 Å². The summed E-state index contributed by atoms with van der Waals surface area (Å²) in [6, 6.07) is 7.80. The summed E-state index contributed by atoms with van der Waals surface area (Å²) in [7, 11) is 0. The van der Waals surface area contributed by atoms with Gasteiger partial charge >= 0.3 is 0 Å². The summed E-state index contributed by atoms with van der Waals surface area (Å²) < 4.78 is 5.96. The van der Waals surface area contributed by atoms with Crippen LogP contribution in [0, 0.1) is 11.3 Å². The fourth-order valence-corrected chi connectivity index (χ4v) is 4.86. The number of fused-ring (bicyclic) bond motifs is 1. The highest BCUT2D eigenvalue weighted by molar-refractivity contribution is 5.84. The van der Waals surface area contributed by atoms with E-state index >= 15 is 0 Å². The third-order valence-corrected chi connectivity index (χ3v) is 6.74. The van der Waals surface area contributed by atoms with E-state index in [9.17, 15) is 9.59 Å². The average molecular weight is 430 g/mol. The number of amides is 2. The first-order valence-electron chi connectivity index (χ1n) is 11.9. The number of piperidine rings is 1. The van der Waals surface area contributed by atoms with Gasteiger partial charge in [-0.1, -0.05) is 38.5 Å². The zero-order chi connectivity index (χ0) is 22.3. The summed E-state index contributed by atoms with van der Waals surface area (Å²) in [5.74, 6) is 1.53. The quantitative estimate of drug-likeness (QED) is 0.772. The van der Waals surface area contributed by atoms with Gasteiger partial charge < -0.3 is 20.7 Å². The van der Waals surface area contributed by atoms with E-state index in [0.717, 1.165) is 37.9 Å². The van der Waals surface area contributed by atoms with Crippen molar-refractivity contribution in [3.8, 4) is 5.75 Å². The van der Waals surface area contributed by atoms with Gasteiger partial charge in [0.05, 0.1) is 18.1 Å². The maximum Gasteiger partial charge on any atom is 0.239 e. The molecule has 0 aliphatic carbocycles. The van der Waals surface area contributed by atoms with Crippen LogP contribution in [0.4, 0.5) is 0 Å². The van der Waals surface area contributed by atoms with Crippen LogP contribution in [0.3, 0.4) is 0 Å². The number of hydrogen-bond acceptors (Lipinski definition) is 4. The van der Waals surface area contributed by atoms with E-state index in [2.05, 4.69) is 31.3 Å². The van der Waals surface area contributed by atoms with Gasteiger partial charge in [0.2, 0.25) is 11.8 Å². The van der Waals surface area contributed by atoms with E-state index in [1.165, 1.54) is 5.56 Å². The van der Waals surface area contributed by atoms with E-state index in [0.29, 0.717) is 51.4 Å². The fraction of sp³-hybridized carbons (Fsp3) is 0.680. The number of aryl methyl sites for hydroxylation is 1. The van der Waals surface area contributed by atoms with Crippen molar-refractivity contribution in [3.05, 3.63) is 29.8 Å². The Labute approximate surface area is 186 Å². The standard InChI is InChI=1S/C25H39N3O3/c1-19(2)18-21(26)23(29)28-15-12-25(13-16-28)11-6-5-9-20-8-3-4-10-22(20)31-17-7-14-27-24(25)30/h3-4,8,10,19,21H,5-7,9,11-18,26H2,1-2H3,(H,27,30)/t21-/m1/s1. The number of nitrogens with two attached hydrogens (primary N) is 1. The number of ether oxygens (including phenoxy) is 1. The number of carbonyl (C=O) groups is 2. The summed E-state index contributed by atoms with van der Waals surface area (Å²) >= 11 is 0. The lowest BCUT2D eigenvalue weighted by Gasteiger charge is -2.41. The Hall–Kier alpha value is -2.08. The topological polar surface area (TPSA) is 84.7 Å². The number of rotatable bonds is 3. The molecule has 2 amide bonds. The van der Waals surface area contributed by atoms with Crippen molar-refractivity contribution < 1.29 is 14.3 Å². The van der Waals surface area contributed by atoms with Gasteiger partial charge in [-0.2, -0.15) is 0 Å². The van der Waals surface area contributed by atoms with Gasteiger partial charge in [-0.15, -0.1) is 0 Å². The predicted octanol–water partition coefficient (Wildman–Crippen LogP) is 3.28. The lowest BCUT2D eigenvalue weighted by molar-refractivity contribution is -0.142. The molecule has 172 valence electrons. The smallest absolute Gasteiger partial charge is 0.239 e. The molecule has 0 radical (unpaired) electrons. The first-order valence-corrected chi connectivity index (χ1v) is 11.9. The number of nitrogens with one attached hydrogen (secondary N) is 1. The lowest BCUT2D eigenvalue weighted by Crippen LogP contribution is -2.53. The molecular formula is C25H39N3O3. The lowest BCUT2D eigenvalue weighted by atomic mass is 9.73. The predicted molar refractivity (Wildman–Crippen MR) is 123 cm³/mol. The van der Waals surface area contributed by atoms with Crippen LogP contribution in [0.25, 0.3) is 0 Å². The number of likely N-dealkylation sites (tertiary alicyclic amines) is 1. The molecule has 3 rings (SSSR count). The highest BCUT2D eigenvalue weighted by atomic mass is 16.5. The summed E-state index contributed by atoms with van der Waals surface area (Å²) in [5, 5.41) is 3.15.